The molecule has 9 heteroatoms. The van der Waals surface area contributed by atoms with E-state index in [0.717, 1.165) is 11.1 Å². The molecule has 5 rings (SSSR count). The summed E-state index contributed by atoms with van der Waals surface area (Å²) in [4.78, 5) is 30.8. The van der Waals surface area contributed by atoms with Crippen molar-refractivity contribution in [2.45, 2.75) is 44.5 Å². The Bertz CT molecular complexity index is 1370. The number of carbonyl (C=O) groups is 2. The number of nitrogens with one attached hydrogen (secondary N) is 1. The summed E-state index contributed by atoms with van der Waals surface area (Å²) in [6.07, 6.45) is 1.48. The van der Waals surface area contributed by atoms with Gasteiger partial charge in [-0.25, -0.2) is 9.40 Å². The lowest BCUT2D eigenvalue weighted by Gasteiger charge is -2.49. The first-order valence-electron chi connectivity index (χ1n) is 13.8. The lowest BCUT2D eigenvalue weighted by molar-refractivity contribution is -0.233. The minimum atomic E-state index is -1.54. The molecule has 214 valence electrons. The second-order valence-electron chi connectivity index (χ2n) is 10.7. The van der Waals surface area contributed by atoms with Crippen molar-refractivity contribution < 1.29 is 19.1 Å². The molecule has 0 spiro atoms. The van der Waals surface area contributed by atoms with Crippen LogP contribution < -0.4 is 5.32 Å². The Morgan fingerprint density at radius 2 is 1.68 bits per heavy atom. The van der Waals surface area contributed by atoms with E-state index in [1.807, 2.05) is 65.7 Å². The van der Waals surface area contributed by atoms with Gasteiger partial charge in [0.05, 0.1) is 13.1 Å². The van der Waals surface area contributed by atoms with E-state index in [2.05, 4.69) is 11.9 Å². The highest BCUT2D eigenvalue weighted by Gasteiger charge is 2.53. The van der Waals surface area contributed by atoms with Crippen LogP contribution in [0.5, 0.6) is 0 Å². The number of fused-ring (bicyclic) bond motifs is 1. The summed E-state index contributed by atoms with van der Waals surface area (Å²) < 4.78 is 14.0. The second kappa shape index (κ2) is 12.3. The standard InChI is InChI=1S/C32H36FN5O3/c1-3-17-37(32(2,41)34-20-25-13-8-5-9-14-25)36-23-30(39)38-28(19-24-11-6-4-7-12-24)31(40)35(22-29(36)38)21-26-15-10-16-27(33)18-26/h3-16,18,28-29,34,41H,1,17,19-23H2,2H3/t28-,29+,32?/m0/s1. The van der Waals surface area contributed by atoms with Gasteiger partial charge in [0.1, 0.15) is 18.0 Å². The molecule has 0 aliphatic carbocycles. The maximum atomic E-state index is 14.0. The van der Waals surface area contributed by atoms with E-state index in [1.165, 1.54) is 12.1 Å². The van der Waals surface area contributed by atoms with Gasteiger partial charge in [0, 0.05) is 26.1 Å². The number of hydrogen-bond acceptors (Lipinski definition) is 6. The van der Waals surface area contributed by atoms with Crippen molar-refractivity contribution in [1.82, 2.24) is 25.1 Å². The number of benzene rings is 3. The number of piperazine rings is 1. The Kier molecular flexibility index (Phi) is 8.60. The van der Waals surface area contributed by atoms with Crippen molar-refractivity contribution in [2.24, 2.45) is 0 Å². The summed E-state index contributed by atoms with van der Waals surface area (Å²) in [7, 11) is 0. The fourth-order valence-electron chi connectivity index (χ4n) is 5.70. The average Bonchev–Trinajstić information content (AvgIpc) is 3.29. The van der Waals surface area contributed by atoms with Crippen molar-refractivity contribution >= 4 is 11.8 Å². The van der Waals surface area contributed by atoms with E-state index in [4.69, 9.17) is 0 Å². The first-order chi connectivity index (χ1) is 19.8. The molecule has 2 amide bonds. The van der Waals surface area contributed by atoms with Gasteiger partial charge in [-0.3, -0.25) is 14.9 Å². The molecule has 2 fully saturated rings. The molecule has 3 aromatic rings. The quantitative estimate of drug-likeness (QED) is 0.279. The molecule has 8 nitrogen and oxygen atoms in total. The fourth-order valence-corrected chi connectivity index (χ4v) is 5.70. The van der Waals surface area contributed by atoms with Crippen LogP contribution in [0.1, 0.15) is 23.6 Å². The molecule has 41 heavy (non-hydrogen) atoms. The molecule has 0 aromatic heterocycles. The molecular formula is C32H36FN5O3. The zero-order valence-electron chi connectivity index (χ0n) is 23.2. The van der Waals surface area contributed by atoms with Gasteiger partial charge in [-0.2, -0.15) is 5.01 Å². The van der Waals surface area contributed by atoms with Crippen molar-refractivity contribution in [3.63, 3.8) is 0 Å². The summed E-state index contributed by atoms with van der Waals surface area (Å²) >= 11 is 0. The minimum absolute atomic E-state index is 0.00590. The molecule has 2 aliphatic heterocycles. The Morgan fingerprint density at radius 1 is 1.02 bits per heavy atom. The minimum Gasteiger partial charge on any atom is -0.362 e. The van der Waals surface area contributed by atoms with E-state index in [-0.39, 0.29) is 43.8 Å². The first-order valence-corrected chi connectivity index (χ1v) is 13.8. The zero-order chi connectivity index (χ0) is 29.0. The van der Waals surface area contributed by atoms with Gasteiger partial charge in [-0.05, 0) is 35.7 Å². The predicted molar refractivity (Wildman–Crippen MR) is 154 cm³/mol. The highest BCUT2D eigenvalue weighted by atomic mass is 19.1. The number of halogens is 1. The molecule has 0 saturated carbocycles. The first kappa shape index (κ1) is 28.6. The monoisotopic (exact) mass is 557 g/mol. The van der Waals surface area contributed by atoms with Crippen LogP contribution in [0.2, 0.25) is 0 Å². The molecule has 1 unspecified atom stereocenters. The normalized spacial score (nSPS) is 20.8. The summed E-state index contributed by atoms with van der Waals surface area (Å²) in [6, 6.07) is 24.8. The number of nitrogens with zero attached hydrogens (tertiary/aromatic N) is 4. The number of hydrazine groups is 1. The predicted octanol–water partition coefficient (Wildman–Crippen LogP) is 3.11. The fraction of sp³-hybridized carbons (Fsp3) is 0.312. The summed E-state index contributed by atoms with van der Waals surface area (Å²) in [5, 5.41) is 18.4. The topological polar surface area (TPSA) is 79.4 Å². The number of aliphatic hydroxyl groups is 1. The Morgan fingerprint density at radius 3 is 2.34 bits per heavy atom. The third-order valence-electron chi connectivity index (χ3n) is 7.69. The van der Waals surface area contributed by atoms with Crippen molar-refractivity contribution in [2.75, 3.05) is 19.6 Å². The van der Waals surface area contributed by atoms with Crippen LogP contribution in [0.4, 0.5) is 4.39 Å². The lowest BCUT2D eigenvalue weighted by Crippen LogP contribution is -2.69. The van der Waals surface area contributed by atoms with Gasteiger partial charge < -0.3 is 14.9 Å². The zero-order valence-corrected chi connectivity index (χ0v) is 23.2. The van der Waals surface area contributed by atoms with Crippen LogP contribution in [0.3, 0.4) is 0 Å². The highest BCUT2D eigenvalue weighted by molar-refractivity contribution is 5.91. The molecule has 2 saturated heterocycles. The van der Waals surface area contributed by atoms with Crippen LogP contribution >= 0.6 is 0 Å². The molecule has 0 radical (unpaired) electrons. The Hall–Kier alpha value is -3.89. The number of carbonyl (C=O) groups excluding carboxylic acids is 2. The van der Waals surface area contributed by atoms with Crippen molar-refractivity contribution in [1.29, 1.82) is 0 Å². The van der Waals surface area contributed by atoms with E-state index in [0.29, 0.717) is 18.5 Å². The SMILES string of the molecule is C=CCN(N1CC(=O)N2[C@@H](Cc3ccccc3)C(=O)N(Cc3cccc(F)c3)C[C@@H]21)C(C)(O)NCc1ccccc1. The average molecular weight is 558 g/mol. The van der Waals surface area contributed by atoms with Crippen LogP contribution in [-0.4, -0.2) is 74.4 Å². The van der Waals surface area contributed by atoms with Gasteiger partial charge in [0.25, 0.3) is 0 Å². The van der Waals surface area contributed by atoms with Crippen LogP contribution in [0.15, 0.2) is 97.6 Å². The van der Waals surface area contributed by atoms with Crippen molar-refractivity contribution in [3.8, 4) is 0 Å². The smallest absolute Gasteiger partial charge is 0.246 e. The number of hydrogen-bond donors (Lipinski definition) is 2. The second-order valence-corrected chi connectivity index (χ2v) is 10.7. The lowest BCUT2D eigenvalue weighted by atomic mass is 10.00. The van der Waals surface area contributed by atoms with Gasteiger partial charge in [-0.1, -0.05) is 78.9 Å². The number of amides is 2. The van der Waals surface area contributed by atoms with E-state index in [1.54, 1.807) is 39.9 Å². The molecule has 3 atom stereocenters. The van der Waals surface area contributed by atoms with Gasteiger partial charge >= 0.3 is 0 Å². The molecule has 3 aromatic carbocycles. The van der Waals surface area contributed by atoms with Gasteiger partial charge in [-0.15, -0.1) is 6.58 Å². The van der Waals surface area contributed by atoms with Crippen LogP contribution in [0.25, 0.3) is 0 Å². The maximum Gasteiger partial charge on any atom is 0.246 e. The highest BCUT2D eigenvalue weighted by Crippen LogP contribution is 2.32. The summed E-state index contributed by atoms with van der Waals surface area (Å²) in [6.45, 7) is 6.59. The largest absolute Gasteiger partial charge is 0.362 e. The Labute approximate surface area is 240 Å². The number of rotatable bonds is 11. The Balaban J connectivity index is 1.45. The van der Waals surface area contributed by atoms with Gasteiger partial charge in [0.2, 0.25) is 11.8 Å². The summed E-state index contributed by atoms with van der Waals surface area (Å²) in [5.74, 6) is -2.29. The molecule has 2 heterocycles. The third-order valence-corrected chi connectivity index (χ3v) is 7.69. The maximum absolute atomic E-state index is 14.0. The van der Waals surface area contributed by atoms with Gasteiger partial charge in [0.15, 0.2) is 5.85 Å². The molecule has 2 N–H and O–H groups in total. The molecule has 2 aliphatic rings. The third kappa shape index (κ3) is 6.39. The van der Waals surface area contributed by atoms with Crippen molar-refractivity contribution in [3.05, 3.63) is 120 Å². The van der Waals surface area contributed by atoms with E-state index < -0.39 is 18.1 Å². The van der Waals surface area contributed by atoms with Crippen LogP contribution in [-0.2, 0) is 29.1 Å². The van der Waals surface area contributed by atoms with E-state index in [9.17, 15) is 19.1 Å². The molecular weight excluding hydrogens is 521 g/mol. The summed E-state index contributed by atoms with van der Waals surface area (Å²) in [5.41, 5.74) is 2.60. The molecule has 0 bridgehead atoms. The van der Waals surface area contributed by atoms with E-state index >= 15 is 0 Å². The van der Waals surface area contributed by atoms with Crippen LogP contribution in [0, 0.1) is 5.82 Å².